The van der Waals surface area contributed by atoms with Crippen molar-refractivity contribution in [2.45, 2.75) is 13.1 Å². The zero-order chi connectivity index (χ0) is 16.7. The Morgan fingerprint density at radius 2 is 2.12 bits per heavy atom. The molecule has 0 radical (unpaired) electrons. The summed E-state index contributed by atoms with van der Waals surface area (Å²) < 4.78 is 5.26. The van der Waals surface area contributed by atoms with E-state index in [1.807, 2.05) is 48.3 Å². The third kappa shape index (κ3) is 5.83. The highest BCUT2D eigenvalue weighted by Crippen LogP contribution is 2.14. The molecule has 7 heteroatoms. The van der Waals surface area contributed by atoms with Crippen molar-refractivity contribution in [3.63, 3.8) is 0 Å². The number of hydrogen-bond acceptors (Lipinski definition) is 3. The molecule has 0 aliphatic carbocycles. The molecular weight excluding hydrogens is 439 g/mol. The van der Waals surface area contributed by atoms with Crippen molar-refractivity contribution in [3.05, 3.63) is 58.7 Å². The fourth-order valence-electron chi connectivity index (χ4n) is 2.29. The van der Waals surface area contributed by atoms with E-state index < -0.39 is 0 Å². The van der Waals surface area contributed by atoms with Crippen LogP contribution in [0.3, 0.4) is 0 Å². The second kappa shape index (κ2) is 10.4. The van der Waals surface area contributed by atoms with Crippen LogP contribution in [0.15, 0.2) is 47.6 Å². The van der Waals surface area contributed by atoms with Crippen LogP contribution in [0.5, 0.6) is 5.88 Å². The topological polar surface area (TPSA) is 49.8 Å². The standard InChI is InChI=1S/C17H21ClN4O.HI/c1-19-17(21-11-14-7-5-9-20-16(14)23-3)22(2)12-13-6-4-8-15(18)10-13;/h4-10H,11-12H2,1-3H3,(H,19,21);1H. The number of benzene rings is 1. The van der Waals surface area contributed by atoms with Gasteiger partial charge in [0.15, 0.2) is 5.96 Å². The average molecular weight is 461 g/mol. The lowest BCUT2D eigenvalue weighted by Gasteiger charge is -2.22. The van der Waals surface area contributed by atoms with Crippen LogP contribution < -0.4 is 10.1 Å². The number of methoxy groups -OCH3 is 1. The Morgan fingerprint density at radius 1 is 1.33 bits per heavy atom. The third-order valence-electron chi connectivity index (χ3n) is 3.36. The molecule has 1 aromatic heterocycles. The lowest BCUT2D eigenvalue weighted by Crippen LogP contribution is -2.38. The number of nitrogens with zero attached hydrogens (tertiary/aromatic N) is 3. The normalized spacial score (nSPS) is 10.8. The van der Waals surface area contributed by atoms with Crippen LogP contribution >= 0.6 is 35.6 Å². The largest absolute Gasteiger partial charge is 0.481 e. The van der Waals surface area contributed by atoms with Crippen molar-refractivity contribution in [1.29, 1.82) is 0 Å². The maximum absolute atomic E-state index is 6.03. The van der Waals surface area contributed by atoms with Crippen LogP contribution in [-0.2, 0) is 13.1 Å². The van der Waals surface area contributed by atoms with Gasteiger partial charge in [0.1, 0.15) is 0 Å². The van der Waals surface area contributed by atoms with E-state index in [9.17, 15) is 0 Å². The van der Waals surface area contributed by atoms with Gasteiger partial charge in [0.2, 0.25) is 5.88 Å². The molecule has 0 saturated carbocycles. The van der Waals surface area contributed by atoms with Gasteiger partial charge in [0.05, 0.1) is 7.11 Å². The Labute approximate surface area is 165 Å². The van der Waals surface area contributed by atoms with E-state index in [1.54, 1.807) is 20.4 Å². The Bertz CT molecular complexity index is 681. The highest BCUT2D eigenvalue weighted by Gasteiger charge is 2.09. The summed E-state index contributed by atoms with van der Waals surface area (Å²) in [6, 6.07) is 11.7. The molecule has 5 nitrogen and oxygen atoms in total. The second-order valence-corrected chi connectivity index (χ2v) is 5.49. The van der Waals surface area contributed by atoms with E-state index in [-0.39, 0.29) is 24.0 Å². The number of guanidine groups is 1. The lowest BCUT2D eigenvalue weighted by atomic mass is 10.2. The molecule has 0 bridgehead atoms. The predicted molar refractivity (Wildman–Crippen MR) is 109 cm³/mol. The molecule has 1 aromatic carbocycles. The second-order valence-electron chi connectivity index (χ2n) is 5.06. The van der Waals surface area contributed by atoms with Crippen molar-refractivity contribution >= 4 is 41.5 Å². The smallest absolute Gasteiger partial charge is 0.218 e. The maximum atomic E-state index is 6.03. The van der Waals surface area contributed by atoms with Crippen LogP contribution in [-0.4, -0.2) is 37.0 Å². The number of nitrogens with one attached hydrogen (secondary N) is 1. The van der Waals surface area contributed by atoms with Crippen LogP contribution in [0.4, 0.5) is 0 Å². The monoisotopic (exact) mass is 460 g/mol. The molecule has 1 heterocycles. The quantitative estimate of drug-likeness (QED) is 0.421. The number of ether oxygens (including phenoxy) is 1. The summed E-state index contributed by atoms with van der Waals surface area (Å²) in [4.78, 5) is 10.5. The zero-order valence-corrected chi connectivity index (χ0v) is 17.1. The number of aromatic nitrogens is 1. The van der Waals surface area contributed by atoms with Crippen molar-refractivity contribution in [2.75, 3.05) is 21.2 Å². The first kappa shape index (κ1) is 20.5. The van der Waals surface area contributed by atoms with E-state index in [0.717, 1.165) is 22.1 Å². The molecule has 24 heavy (non-hydrogen) atoms. The Kier molecular flexibility index (Phi) is 8.84. The van der Waals surface area contributed by atoms with Crippen molar-refractivity contribution in [2.24, 2.45) is 4.99 Å². The summed E-state index contributed by atoms with van der Waals surface area (Å²) >= 11 is 6.03. The molecule has 0 fully saturated rings. The van der Waals surface area contributed by atoms with Crippen LogP contribution in [0, 0.1) is 0 Å². The van der Waals surface area contributed by atoms with Gasteiger partial charge in [-0.3, -0.25) is 4.99 Å². The van der Waals surface area contributed by atoms with Crippen LogP contribution in [0.1, 0.15) is 11.1 Å². The summed E-state index contributed by atoms with van der Waals surface area (Å²) in [6.07, 6.45) is 1.71. The molecule has 0 atom stereocenters. The van der Waals surface area contributed by atoms with E-state index in [0.29, 0.717) is 19.0 Å². The SMILES string of the molecule is CN=C(NCc1cccnc1OC)N(C)Cc1cccc(Cl)c1.I. The van der Waals surface area contributed by atoms with Gasteiger partial charge in [0, 0.05) is 44.0 Å². The fraction of sp³-hybridized carbons (Fsp3) is 0.294. The van der Waals surface area contributed by atoms with Gasteiger partial charge in [-0.05, 0) is 23.8 Å². The minimum Gasteiger partial charge on any atom is -0.481 e. The Morgan fingerprint density at radius 3 is 2.79 bits per heavy atom. The zero-order valence-electron chi connectivity index (χ0n) is 14.0. The van der Waals surface area contributed by atoms with Gasteiger partial charge in [-0.25, -0.2) is 4.98 Å². The first-order chi connectivity index (χ1) is 11.1. The highest BCUT2D eigenvalue weighted by molar-refractivity contribution is 14.0. The van der Waals surface area contributed by atoms with Crippen molar-refractivity contribution in [3.8, 4) is 5.88 Å². The molecule has 2 rings (SSSR count). The van der Waals surface area contributed by atoms with E-state index >= 15 is 0 Å². The van der Waals surface area contributed by atoms with E-state index in [2.05, 4.69) is 15.3 Å². The molecule has 0 aliphatic heterocycles. The molecular formula is C17H22ClIN4O. The molecule has 0 saturated heterocycles. The number of rotatable bonds is 5. The number of halogens is 2. The van der Waals surface area contributed by atoms with Gasteiger partial charge in [-0.15, -0.1) is 24.0 Å². The fourth-order valence-corrected chi connectivity index (χ4v) is 2.50. The highest BCUT2D eigenvalue weighted by atomic mass is 127. The summed E-state index contributed by atoms with van der Waals surface area (Å²) in [5.41, 5.74) is 2.11. The van der Waals surface area contributed by atoms with E-state index in [4.69, 9.17) is 16.3 Å². The number of pyridine rings is 1. The first-order valence-corrected chi connectivity index (χ1v) is 7.66. The average Bonchev–Trinajstić information content (AvgIpc) is 2.55. The summed E-state index contributed by atoms with van der Waals surface area (Å²) in [5, 5.41) is 4.05. The summed E-state index contributed by atoms with van der Waals surface area (Å²) in [5.74, 6) is 1.41. The molecule has 0 aliphatic rings. The Balaban J connectivity index is 0.00000288. The minimum absolute atomic E-state index is 0. The summed E-state index contributed by atoms with van der Waals surface area (Å²) in [6.45, 7) is 1.30. The van der Waals surface area contributed by atoms with Gasteiger partial charge in [-0.2, -0.15) is 0 Å². The minimum atomic E-state index is 0. The maximum Gasteiger partial charge on any atom is 0.218 e. The molecule has 0 spiro atoms. The van der Waals surface area contributed by atoms with E-state index in [1.165, 1.54) is 0 Å². The number of hydrogen-bond donors (Lipinski definition) is 1. The first-order valence-electron chi connectivity index (χ1n) is 7.28. The molecule has 130 valence electrons. The van der Waals surface area contributed by atoms with Gasteiger partial charge in [0.25, 0.3) is 0 Å². The molecule has 0 unspecified atom stereocenters. The van der Waals surface area contributed by atoms with Crippen LogP contribution in [0.2, 0.25) is 5.02 Å². The van der Waals surface area contributed by atoms with Gasteiger partial charge < -0.3 is 15.0 Å². The van der Waals surface area contributed by atoms with Gasteiger partial charge in [-0.1, -0.05) is 29.8 Å². The van der Waals surface area contributed by atoms with Crippen LogP contribution in [0.25, 0.3) is 0 Å². The molecule has 1 N–H and O–H groups in total. The third-order valence-corrected chi connectivity index (χ3v) is 3.60. The Hall–Kier alpha value is -1.54. The van der Waals surface area contributed by atoms with Crippen molar-refractivity contribution in [1.82, 2.24) is 15.2 Å². The number of aliphatic imine (C=N–C) groups is 1. The van der Waals surface area contributed by atoms with Crippen molar-refractivity contribution < 1.29 is 4.74 Å². The van der Waals surface area contributed by atoms with Gasteiger partial charge >= 0.3 is 0 Å². The summed E-state index contributed by atoms with van der Waals surface area (Å²) in [7, 11) is 5.36. The molecule has 0 amide bonds. The lowest BCUT2D eigenvalue weighted by molar-refractivity contribution is 0.391. The molecule has 2 aromatic rings. The predicted octanol–water partition coefficient (Wildman–Crippen LogP) is 3.57.